The van der Waals surface area contributed by atoms with Crippen molar-refractivity contribution in [3.05, 3.63) is 69.1 Å². The molecule has 25 heavy (non-hydrogen) atoms. The fourth-order valence-electron chi connectivity index (χ4n) is 2.69. The highest BCUT2D eigenvalue weighted by molar-refractivity contribution is 5.76. The van der Waals surface area contributed by atoms with E-state index in [2.05, 4.69) is 14.7 Å². The lowest BCUT2D eigenvalue weighted by Gasteiger charge is -2.12. The van der Waals surface area contributed by atoms with Gasteiger partial charge in [-0.1, -0.05) is 18.2 Å². The number of fused-ring (bicyclic) bond motifs is 1. The zero-order valence-corrected chi connectivity index (χ0v) is 13.7. The van der Waals surface area contributed by atoms with Crippen LogP contribution in [-0.4, -0.2) is 16.6 Å². The Balaban J connectivity index is 1.94. The zero-order valence-electron chi connectivity index (χ0n) is 13.7. The molecule has 0 radical (unpaired) electrons. The number of hydrogen-bond donors (Lipinski definition) is 1. The first-order chi connectivity index (χ1) is 11.9. The molecule has 0 amide bonds. The third-order valence-corrected chi connectivity index (χ3v) is 3.75. The number of para-hydroxylation sites is 2. The second-order valence-electron chi connectivity index (χ2n) is 5.66. The maximum Gasteiger partial charge on any atom is 0.387 e. The number of nitrogens with zero attached hydrogens (tertiary/aromatic N) is 1. The number of rotatable bonds is 4. The van der Waals surface area contributed by atoms with Crippen LogP contribution in [0, 0.1) is 13.8 Å². The lowest BCUT2D eigenvalue weighted by molar-refractivity contribution is -0.0507. The van der Waals surface area contributed by atoms with Crippen LogP contribution in [0.1, 0.15) is 22.4 Å². The molecule has 0 spiro atoms. The van der Waals surface area contributed by atoms with Crippen LogP contribution in [0.15, 0.2) is 41.2 Å². The lowest BCUT2D eigenvalue weighted by atomic mass is 10.1. The van der Waals surface area contributed by atoms with Gasteiger partial charge in [0.1, 0.15) is 11.4 Å². The third kappa shape index (κ3) is 3.74. The molecule has 0 saturated heterocycles. The van der Waals surface area contributed by atoms with Gasteiger partial charge in [0.15, 0.2) is 0 Å². The minimum absolute atomic E-state index is 0.175. The summed E-state index contributed by atoms with van der Waals surface area (Å²) < 4.78 is 29.4. The minimum atomic E-state index is -2.86. The summed E-state index contributed by atoms with van der Waals surface area (Å²) in [5, 5.41) is 0. The van der Waals surface area contributed by atoms with Gasteiger partial charge >= 0.3 is 6.61 Å². The Morgan fingerprint density at radius 3 is 2.48 bits per heavy atom. The molecule has 128 valence electrons. The van der Waals surface area contributed by atoms with Crippen molar-refractivity contribution in [2.75, 3.05) is 0 Å². The van der Waals surface area contributed by atoms with Gasteiger partial charge in [0.05, 0.1) is 11.0 Å². The molecule has 0 fully saturated rings. The van der Waals surface area contributed by atoms with E-state index < -0.39 is 6.61 Å². The van der Waals surface area contributed by atoms with E-state index in [9.17, 15) is 13.6 Å². The molecule has 3 aromatic rings. The van der Waals surface area contributed by atoms with Crippen molar-refractivity contribution in [2.24, 2.45) is 0 Å². The molecular weight excluding hydrogens is 326 g/mol. The Hall–Kier alpha value is -3.02. The number of alkyl halides is 2. The number of benzene rings is 2. The highest BCUT2D eigenvalue weighted by atomic mass is 19.3. The molecule has 0 aliphatic carbocycles. The average molecular weight is 342 g/mol. The van der Waals surface area contributed by atoms with Gasteiger partial charge in [0.2, 0.25) is 0 Å². The topological polar surface area (TPSA) is 55.0 Å². The van der Waals surface area contributed by atoms with E-state index in [1.807, 2.05) is 18.2 Å². The fraction of sp³-hybridized carbons (Fsp3) is 0.158. The summed E-state index contributed by atoms with van der Waals surface area (Å²) in [7, 11) is 0. The van der Waals surface area contributed by atoms with E-state index in [0.29, 0.717) is 22.2 Å². The third-order valence-electron chi connectivity index (χ3n) is 3.75. The molecule has 1 N–H and O–H groups in total. The van der Waals surface area contributed by atoms with Crippen LogP contribution in [0.3, 0.4) is 0 Å². The van der Waals surface area contributed by atoms with Gasteiger partial charge in [-0.05, 0) is 60.9 Å². The first-order valence-electron chi connectivity index (χ1n) is 7.67. The maximum absolute atomic E-state index is 12.4. The maximum atomic E-state index is 12.4. The van der Waals surface area contributed by atoms with Crippen molar-refractivity contribution in [1.82, 2.24) is 9.97 Å². The van der Waals surface area contributed by atoms with Crippen molar-refractivity contribution in [1.29, 1.82) is 0 Å². The van der Waals surface area contributed by atoms with Crippen LogP contribution in [0.4, 0.5) is 8.78 Å². The van der Waals surface area contributed by atoms with Crippen LogP contribution in [-0.2, 0) is 0 Å². The normalized spacial score (nSPS) is 11.6. The van der Waals surface area contributed by atoms with E-state index in [0.717, 1.165) is 5.56 Å². The Labute approximate surface area is 142 Å². The zero-order chi connectivity index (χ0) is 18.0. The van der Waals surface area contributed by atoms with Crippen LogP contribution >= 0.6 is 0 Å². The molecule has 6 heteroatoms. The molecule has 1 aromatic heterocycles. The Bertz CT molecular complexity index is 987. The summed E-state index contributed by atoms with van der Waals surface area (Å²) in [5.74, 6) is 0.175. The van der Waals surface area contributed by atoms with Crippen molar-refractivity contribution < 1.29 is 13.5 Å². The van der Waals surface area contributed by atoms with Crippen molar-refractivity contribution in [2.45, 2.75) is 20.5 Å². The molecule has 0 saturated carbocycles. The van der Waals surface area contributed by atoms with Crippen LogP contribution in [0.2, 0.25) is 0 Å². The van der Waals surface area contributed by atoms with E-state index in [4.69, 9.17) is 0 Å². The standard InChI is InChI=1S/C19H16F2N2O2/c1-11-9-13(10-12(2)17(11)25-19(20)21)7-8-16-18(24)23-15-6-4-3-5-14(15)22-16/h3-10,19H,1-2H3,(H,23,24)/b8-7+. The molecular formula is C19H16F2N2O2. The second kappa shape index (κ2) is 6.84. The van der Waals surface area contributed by atoms with Gasteiger partial charge < -0.3 is 9.72 Å². The Morgan fingerprint density at radius 1 is 1.12 bits per heavy atom. The molecule has 2 aromatic carbocycles. The highest BCUT2D eigenvalue weighted by Crippen LogP contribution is 2.27. The number of aromatic amines is 1. The molecule has 0 atom stereocenters. The van der Waals surface area contributed by atoms with Crippen LogP contribution in [0.5, 0.6) is 5.75 Å². The predicted octanol–water partition coefficient (Wildman–Crippen LogP) is 4.31. The van der Waals surface area contributed by atoms with Crippen LogP contribution < -0.4 is 10.3 Å². The molecule has 0 bridgehead atoms. The Kier molecular flexibility index (Phi) is 4.61. The smallest absolute Gasteiger partial charge is 0.387 e. The van der Waals surface area contributed by atoms with E-state index >= 15 is 0 Å². The SMILES string of the molecule is Cc1cc(/C=C/c2nc3ccccc3[nH]c2=O)cc(C)c1OC(F)F. The number of nitrogens with one attached hydrogen (secondary N) is 1. The Morgan fingerprint density at radius 2 is 1.80 bits per heavy atom. The molecule has 4 nitrogen and oxygen atoms in total. The number of H-pyrrole nitrogens is 1. The van der Waals surface area contributed by atoms with E-state index in [1.165, 1.54) is 0 Å². The summed E-state index contributed by atoms with van der Waals surface area (Å²) in [6.07, 6.45) is 3.33. The molecule has 0 unspecified atom stereocenters. The summed E-state index contributed by atoms with van der Waals surface area (Å²) in [6, 6.07) is 10.7. The van der Waals surface area contributed by atoms with Crippen molar-refractivity contribution in [3.63, 3.8) is 0 Å². The van der Waals surface area contributed by atoms with Gasteiger partial charge in [0, 0.05) is 0 Å². The van der Waals surface area contributed by atoms with Gasteiger partial charge in [-0.25, -0.2) is 4.98 Å². The number of halogens is 2. The monoisotopic (exact) mass is 342 g/mol. The van der Waals surface area contributed by atoms with E-state index in [1.54, 1.807) is 44.2 Å². The van der Waals surface area contributed by atoms with Gasteiger partial charge in [-0.2, -0.15) is 8.78 Å². The molecule has 3 rings (SSSR count). The first-order valence-corrected chi connectivity index (χ1v) is 7.67. The summed E-state index contributed by atoms with van der Waals surface area (Å²) in [6.45, 7) is 0.533. The number of aromatic nitrogens is 2. The first kappa shape index (κ1) is 16.8. The highest BCUT2D eigenvalue weighted by Gasteiger charge is 2.11. The van der Waals surface area contributed by atoms with Gasteiger partial charge in [-0.15, -0.1) is 0 Å². The number of ether oxygens (including phenoxy) is 1. The van der Waals surface area contributed by atoms with Crippen molar-refractivity contribution >= 4 is 23.2 Å². The minimum Gasteiger partial charge on any atom is -0.434 e. The summed E-state index contributed by atoms with van der Waals surface area (Å²) in [5.41, 5.74) is 3.31. The van der Waals surface area contributed by atoms with Gasteiger partial charge in [0.25, 0.3) is 5.56 Å². The fourth-order valence-corrected chi connectivity index (χ4v) is 2.69. The largest absolute Gasteiger partial charge is 0.434 e. The average Bonchev–Trinajstić information content (AvgIpc) is 2.56. The van der Waals surface area contributed by atoms with Crippen molar-refractivity contribution in [3.8, 4) is 5.75 Å². The summed E-state index contributed by atoms with van der Waals surface area (Å²) >= 11 is 0. The van der Waals surface area contributed by atoms with Crippen LogP contribution in [0.25, 0.3) is 23.2 Å². The number of aryl methyl sites for hydroxylation is 2. The summed E-state index contributed by atoms with van der Waals surface area (Å²) in [4.78, 5) is 19.2. The van der Waals surface area contributed by atoms with E-state index in [-0.39, 0.29) is 17.0 Å². The second-order valence-corrected chi connectivity index (χ2v) is 5.66. The molecule has 0 aliphatic rings. The quantitative estimate of drug-likeness (QED) is 0.768. The van der Waals surface area contributed by atoms with Gasteiger partial charge in [-0.3, -0.25) is 4.79 Å². The lowest BCUT2D eigenvalue weighted by Crippen LogP contribution is -2.11. The predicted molar refractivity (Wildman–Crippen MR) is 93.8 cm³/mol. The molecule has 1 heterocycles. The molecule has 0 aliphatic heterocycles. The number of hydrogen-bond acceptors (Lipinski definition) is 3.